The van der Waals surface area contributed by atoms with Gasteiger partial charge in [-0.05, 0) is 23.3 Å². The third kappa shape index (κ3) is 7.44. The number of aliphatic hydroxyl groups excluding tert-OH is 1. The van der Waals surface area contributed by atoms with E-state index in [2.05, 4.69) is 10.6 Å². The summed E-state index contributed by atoms with van der Waals surface area (Å²) in [5.41, 5.74) is 1.40. The van der Waals surface area contributed by atoms with Gasteiger partial charge in [-0.3, -0.25) is 4.79 Å². The Labute approximate surface area is 190 Å². The molecule has 2 aromatic rings. The lowest BCUT2D eigenvalue weighted by atomic mass is 10.1. The van der Waals surface area contributed by atoms with E-state index >= 15 is 0 Å². The predicted octanol–water partition coefficient (Wildman–Crippen LogP) is 1.84. The largest absolute Gasteiger partial charge is 0.495 e. The maximum atomic E-state index is 12.6. The molecule has 0 saturated carbocycles. The molecule has 172 valence electrons. The molecule has 2 amide bonds. The average molecular weight is 465 g/mol. The molecule has 3 N–H and O–H groups in total. The van der Waals surface area contributed by atoms with Crippen LogP contribution in [0.3, 0.4) is 0 Å². The fraction of sp³-hybridized carbons (Fsp3) is 0.318. The van der Waals surface area contributed by atoms with Crippen LogP contribution in [-0.2, 0) is 32.1 Å². The van der Waals surface area contributed by atoms with Gasteiger partial charge in [-0.25, -0.2) is 9.59 Å². The van der Waals surface area contributed by atoms with Crippen LogP contribution in [0, 0.1) is 0 Å². The van der Waals surface area contributed by atoms with Crippen LogP contribution in [-0.4, -0.2) is 56.0 Å². The van der Waals surface area contributed by atoms with Crippen LogP contribution in [0.5, 0.6) is 5.75 Å². The van der Waals surface area contributed by atoms with Crippen molar-refractivity contribution >= 4 is 29.6 Å². The van der Waals surface area contributed by atoms with Crippen molar-refractivity contribution in [2.45, 2.75) is 25.1 Å². The lowest BCUT2D eigenvalue weighted by Crippen LogP contribution is -2.54. The number of hydrogen-bond acceptors (Lipinski definition) is 7. The first-order valence-electron chi connectivity index (χ1n) is 9.66. The number of rotatable bonds is 10. The highest BCUT2D eigenvalue weighted by Crippen LogP contribution is 2.25. The summed E-state index contributed by atoms with van der Waals surface area (Å²) in [4.78, 5) is 36.8. The van der Waals surface area contributed by atoms with E-state index in [4.69, 9.17) is 25.8 Å². The van der Waals surface area contributed by atoms with Gasteiger partial charge in [0.15, 0.2) is 0 Å². The van der Waals surface area contributed by atoms with Crippen molar-refractivity contribution in [3.63, 3.8) is 0 Å². The fourth-order valence-corrected chi connectivity index (χ4v) is 3.06. The molecular weight excluding hydrogens is 440 g/mol. The van der Waals surface area contributed by atoms with Crippen molar-refractivity contribution in [2.75, 3.05) is 20.8 Å². The van der Waals surface area contributed by atoms with Crippen LogP contribution >= 0.6 is 11.6 Å². The molecule has 0 spiro atoms. The minimum absolute atomic E-state index is 0.00451. The van der Waals surface area contributed by atoms with E-state index in [1.54, 1.807) is 42.5 Å². The van der Waals surface area contributed by atoms with Gasteiger partial charge in [0.2, 0.25) is 5.91 Å². The summed E-state index contributed by atoms with van der Waals surface area (Å²) in [6.07, 6.45) is -0.821. The molecule has 0 aliphatic carbocycles. The average Bonchev–Trinajstić information content (AvgIpc) is 2.80. The zero-order valence-electron chi connectivity index (χ0n) is 17.7. The Morgan fingerprint density at radius 1 is 1.00 bits per heavy atom. The molecule has 0 aliphatic heterocycles. The van der Waals surface area contributed by atoms with Crippen molar-refractivity contribution < 1.29 is 33.7 Å². The summed E-state index contributed by atoms with van der Waals surface area (Å²) in [5.74, 6) is -1.01. The van der Waals surface area contributed by atoms with Gasteiger partial charge in [0.05, 0.1) is 25.8 Å². The van der Waals surface area contributed by atoms with Crippen molar-refractivity contribution in [1.29, 1.82) is 0 Å². The number of amides is 2. The summed E-state index contributed by atoms with van der Waals surface area (Å²) in [6, 6.07) is 11.5. The number of benzene rings is 2. The summed E-state index contributed by atoms with van der Waals surface area (Å²) < 4.78 is 14.9. The second-order valence-corrected chi connectivity index (χ2v) is 7.11. The second kappa shape index (κ2) is 12.5. The molecule has 9 nitrogen and oxygen atoms in total. The minimum atomic E-state index is -1.33. The smallest absolute Gasteiger partial charge is 0.408 e. The molecule has 0 heterocycles. The van der Waals surface area contributed by atoms with Crippen LogP contribution < -0.4 is 15.4 Å². The van der Waals surface area contributed by atoms with Gasteiger partial charge in [-0.15, -0.1) is 0 Å². The Bertz CT molecular complexity index is 924. The van der Waals surface area contributed by atoms with Crippen LogP contribution in [0.2, 0.25) is 5.02 Å². The highest BCUT2D eigenvalue weighted by atomic mass is 35.5. The molecule has 0 aliphatic rings. The van der Waals surface area contributed by atoms with E-state index in [1.807, 2.05) is 6.07 Å². The van der Waals surface area contributed by atoms with E-state index in [9.17, 15) is 19.5 Å². The number of hydrogen-bond donors (Lipinski definition) is 3. The molecule has 0 saturated heterocycles. The first-order chi connectivity index (χ1) is 15.4. The lowest BCUT2D eigenvalue weighted by Gasteiger charge is -2.21. The fourth-order valence-electron chi connectivity index (χ4n) is 2.78. The van der Waals surface area contributed by atoms with Crippen molar-refractivity contribution in [3.05, 3.63) is 64.7 Å². The van der Waals surface area contributed by atoms with Gasteiger partial charge < -0.3 is 30.0 Å². The monoisotopic (exact) mass is 464 g/mol. The molecule has 2 rings (SSSR count). The number of alkyl carbamates (subject to hydrolysis) is 1. The van der Waals surface area contributed by atoms with E-state index in [0.29, 0.717) is 16.3 Å². The number of methoxy groups -OCH3 is 2. The van der Waals surface area contributed by atoms with Crippen molar-refractivity contribution in [2.24, 2.45) is 0 Å². The third-order valence-corrected chi connectivity index (χ3v) is 4.76. The van der Waals surface area contributed by atoms with Gasteiger partial charge in [-0.2, -0.15) is 0 Å². The first-order valence-corrected chi connectivity index (χ1v) is 10.0. The number of ether oxygens (including phenoxy) is 3. The Kier molecular flexibility index (Phi) is 9.77. The van der Waals surface area contributed by atoms with Gasteiger partial charge in [0.1, 0.15) is 24.4 Å². The van der Waals surface area contributed by atoms with E-state index in [0.717, 1.165) is 5.56 Å². The van der Waals surface area contributed by atoms with E-state index < -0.39 is 36.7 Å². The third-order valence-electron chi connectivity index (χ3n) is 4.46. The maximum absolute atomic E-state index is 12.6. The summed E-state index contributed by atoms with van der Waals surface area (Å²) in [7, 11) is 2.66. The molecule has 0 unspecified atom stereocenters. The van der Waals surface area contributed by atoms with E-state index in [-0.39, 0.29) is 13.0 Å². The molecule has 0 fully saturated rings. The number of carbonyl (C=O) groups excluding carboxylic acids is 3. The van der Waals surface area contributed by atoms with Crippen molar-refractivity contribution in [3.8, 4) is 5.75 Å². The highest BCUT2D eigenvalue weighted by Gasteiger charge is 2.27. The standard InChI is InChI=1S/C22H25ClN2O7/c1-30-19-9-8-15(10-16(19)23)11-17(21(28)31-2)24-20(27)18(12-26)25-22(29)32-13-14-6-4-3-5-7-14/h3-10,17-18,26H,11-13H2,1-2H3,(H,24,27)(H,25,29)/t17-,18-/m0/s1. The topological polar surface area (TPSA) is 123 Å². The number of halogens is 1. The molecule has 0 bridgehead atoms. The zero-order chi connectivity index (χ0) is 23.5. The van der Waals surface area contributed by atoms with Crippen molar-refractivity contribution in [1.82, 2.24) is 10.6 Å². The molecule has 10 heteroatoms. The molecule has 0 aromatic heterocycles. The molecule has 2 atom stereocenters. The first kappa shape index (κ1) is 25.0. The minimum Gasteiger partial charge on any atom is -0.495 e. The summed E-state index contributed by atoms with van der Waals surface area (Å²) >= 11 is 6.11. The number of carbonyl (C=O) groups is 3. The van der Waals surface area contributed by atoms with Crippen LogP contribution in [0.4, 0.5) is 4.79 Å². The van der Waals surface area contributed by atoms with Crippen LogP contribution in [0.1, 0.15) is 11.1 Å². The Hall–Kier alpha value is -3.30. The summed E-state index contributed by atoms with van der Waals surface area (Å²) in [6.45, 7) is -0.704. The number of aliphatic hydroxyl groups is 1. The van der Waals surface area contributed by atoms with Gasteiger partial charge in [0, 0.05) is 6.42 Å². The quantitative estimate of drug-likeness (QED) is 0.458. The normalized spacial score (nSPS) is 12.2. The summed E-state index contributed by atoms with van der Waals surface area (Å²) in [5, 5.41) is 14.6. The Morgan fingerprint density at radius 2 is 1.72 bits per heavy atom. The van der Waals surface area contributed by atoms with Crippen LogP contribution in [0.25, 0.3) is 0 Å². The van der Waals surface area contributed by atoms with Gasteiger partial charge in [-0.1, -0.05) is 48.0 Å². The Balaban J connectivity index is 1.99. The molecule has 2 aromatic carbocycles. The number of esters is 1. The van der Waals surface area contributed by atoms with Crippen LogP contribution in [0.15, 0.2) is 48.5 Å². The predicted molar refractivity (Wildman–Crippen MR) is 116 cm³/mol. The van der Waals surface area contributed by atoms with E-state index in [1.165, 1.54) is 14.2 Å². The highest BCUT2D eigenvalue weighted by molar-refractivity contribution is 6.32. The van der Waals surface area contributed by atoms with Gasteiger partial charge >= 0.3 is 12.1 Å². The molecular formula is C22H25ClN2O7. The number of nitrogens with one attached hydrogen (secondary N) is 2. The Morgan fingerprint density at radius 3 is 2.31 bits per heavy atom. The SMILES string of the molecule is COC(=O)[C@H](Cc1ccc(OC)c(Cl)c1)NC(=O)[C@H](CO)NC(=O)OCc1ccccc1. The maximum Gasteiger partial charge on any atom is 0.408 e. The molecule has 0 radical (unpaired) electrons. The zero-order valence-corrected chi connectivity index (χ0v) is 18.4. The van der Waals surface area contributed by atoms with Gasteiger partial charge in [0.25, 0.3) is 0 Å². The molecule has 32 heavy (non-hydrogen) atoms. The lowest BCUT2D eigenvalue weighted by molar-refractivity contribution is -0.145. The second-order valence-electron chi connectivity index (χ2n) is 6.70.